The van der Waals surface area contributed by atoms with Crippen molar-refractivity contribution in [2.75, 3.05) is 0 Å². The Morgan fingerprint density at radius 3 is 1.56 bits per heavy atom. The van der Waals surface area contributed by atoms with Crippen molar-refractivity contribution in [1.82, 2.24) is 0 Å². The Hall–Kier alpha value is -1.04. The van der Waals surface area contributed by atoms with E-state index in [1.807, 2.05) is 6.08 Å². The molecule has 4 unspecified atom stereocenters. The molecule has 0 rings (SSSR count). The standard InChI is InChI=1S/C18H30/c1-7-15(6)12-17(10-4)14-18(11-5)13-16(8-2)9-3/h7-8,10-11,15-18H,1-2,4-5,9,12-14H2,3,6H3. The summed E-state index contributed by atoms with van der Waals surface area (Å²) in [6.45, 7) is 20.1. The SMILES string of the molecule is C=CC(C)CC(C=C)CC(C=C)CC(C=C)CC. The van der Waals surface area contributed by atoms with Gasteiger partial charge in [-0.2, -0.15) is 0 Å². The van der Waals surface area contributed by atoms with Crippen LogP contribution in [0.25, 0.3) is 0 Å². The van der Waals surface area contributed by atoms with Gasteiger partial charge in [-0.05, 0) is 49.4 Å². The lowest BCUT2D eigenvalue weighted by Crippen LogP contribution is -2.11. The minimum atomic E-state index is 0.555. The highest BCUT2D eigenvalue weighted by Gasteiger charge is 2.16. The van der Waals surface area contributed by atoms with Crippen LogP contribution in [0, 0.1) is 23.7 Å². The quantitative estimate of drug-likeness (QED) is 0.404. The molecule has 0 aromatic carbocycles. The molecule has 0 bridgehead atoms. The van der Waals surface area contributed by atoms with Gasteiger partial charge in [0.25, 0.3) is 0 Å². The summed E-state index contributed by atoms with van der Waals surface area (Å²) >= 11 is 0. The largest absolute Gasteiger partial charge is 0.103 e. The zero-order chi connectivity index (χ0) is 14.0. The summed E-state index contributed by atoms with van der Waals surface area (Å²) in [4.78, 5) is 0. The number of rotatable bonds is 11. The van der Waals surface area contributed by atoms with E-state index in [1.54, 1.807) is 0 Å². The van der Waals surface area contributed by atoms with E-state index in [0.717, 1.165) is 25.7 Å². The average Bonchev–Trinajstić information content (AvgIpc) is 2.41. The summed E-state index contributed by atoms with van der Waals surface area (Å²) < 4.78 is 0. The van der Waals surface area contributed by atoms with Gasteiger partial charge < -0.3 is 0 Å². The molecule has 0 amide bonds. The van der Waals surface area contributed by atoms with E-state index < -0.39 is 0 Å². The lowest BCUT2D eigenvalue weighted by Gasteiger charge is -2.22. The van der Waals surface area contributed by atoms with Gasteiger partial charge in [-0.1, -0.05) is 38.2 Å². The van der Waals surface area contributed by atoms with E-state index in [-0.39, 0.29) is 0 Å². The number of allylic oxidation sites excluding steroid dienone is 4. The molecule has 0 aliphatic rings. The van der Waals surface area contributed by atoms with Gasteiger partial charge in [-0.25, -0.2) is 0 Å². The highest BCUT2D eigenvalue weighted by molar-refractivity contribution is 4.92. The summed E-state index contributed by atoms with van der Waals surface area (Å²) in [7, 11) is 0. The first-order valence-electron chi connectivity index (χ1n) is 7.11. The normalized spacial score (nSPS) is 17.2. The lowest BCUT2D eigenvalue weighted by molar-refractivity contribution is 0.376. The van der Waals surface area contributed by atoms with Crippen LogP contribution in [0.3, 0.4) is 0 Å². The predicted molar refractivity (Wildman–Crippen MR) is 84.6 cm³/mol. The highest BCUT2D eigenvalue weighted by Crippen LogP contribution is 2.27. The minimum absolute atomic E-state index is 0.555. The Morgan fingerprint density at radius 2 is 1.17 bits per heavy atom. The predicted octanol–water partition coefficient (Wildman–Crippen LogP) is 5.80. The molecule has 0 radical (unpaired) electrons. The number of hydrogen-bond acceptors (Lipinski definition) is 0. The minimum Gasteiger partial charge on any atom is -0.103 e. The average molecular weight is 246 g/mol. The molecular formula is C18H30. The molecular weight excluding hydrogens is 216 g/mol. The van der Waals surface area contributed by atoms with Crippen molar-refractivity contribution in [2.24, 2.45) is 23.7 Å². The molecule has 0 saturated carbocycles. The molecule has 0 saturated heterocycles. The van der Waals surface area contributed by atoms with E-state index in [4.69, 9.17) is 0 Å². The second-order valence-corrected chi connectivity index (χ2v) is 5.32. The van der Waals surface area contributed by atoms with Crippen LogP contribution in [-0.4, -0.2) is 0 Å². The maximum atomic E-state index is 3.98. The van der Waals surface area contributed by atoms with Gasteiger partial charge in [-0.3, -0.25) is 0 Å². The molecule has 0 nitrogen and oxygen atoms in total. The van der Waals surface area contributed by atoms with E-state index in [1.165, 1.54) is 0 Å². The van der Waals surface area contributed by atoms with E-state index in [2.05, 4.69) is 58.4 Å². The van der Waals surface area contributed by atoms with E-state index >= 15 is 0 Å². The van der Waals surface area contributed by atoms with Crippen molar-refractivity contribution < 1.29 is 0 Å². The summed E-state index contributed by atoms with van der Waals surface area (Å²) in [6, 6.07) is 0. The summed E-state index contributed by atoms with van der Waals surface area (Å²) in [6.07, 6.45) is 12.9. The van der Waals surface area contributed by atoms with Gasteiger partial charge in [0.1, 0.15) is 0 Å². The zero-order valence-corrected chi connectivity index (χ0v) is 12.3. The summed E-state index contributed by atoms with van der Waals surface area (Å²) in [5.74, 6) is 2.28. The molecule has 0 aliphatic heterocycles. The summed E-state index contributed by atoms with van der Waals surface area (Å²) in [5, 5.41) is 0. The van der Waals surface area contributed by atoms with E-state index in [9.17, 15) is 0 Å². The van der Waals surface area contributed by atoms with Gasteiger partial charge in [0, 0.05) is 0 Å². The topological polar surface area (TPSA) is 0 Å². The van der Waals surface area contributed by atoms with Crippen LogP contribution >= 0.6 is 0 Å². The third kappa shape index (κ3) is 6.64. The maximum absolute atomic E-state index is 3.98. The molecule has 0 aliphatic carbocycles. The molecule has 18 heavy (non-hydrogen) atoms. The Morgan fingerprint density at radius 1 is 0.722 bits per heavy atom. The molecule has 0 fully saturated rings. The first-order chi connectivity index (χ1) is 8.60. The van der Waals surface area contributed by atoms with Crippen LogP contribution in [0.5, 0.6) is 0 Å². The van der Waals surface area contributed by atoms with Crippen LogP contribution < -0.4 is 0 Å². The van der Waals surface area contributed by atoms with Crippen molar-refractivity contribution in [3.63, 3.8) is 0 Å². The van der Waals surface area contributed by atoms with Gasteiger partial charge in [0.2, 0.25) is 0 Å². The highest BCUT2D eigenvalue weighted by atomic mass is 14.2. The fourth-order valence-corrected chi connectivity index (χ4v) is 2.36. The maximum Gasteiger partial charge on any atom is -0.0225 e. The smallest absolute Gasteiger partial charge is 0.0225 e. The molecule has 4 atom stereocenters. The van der Waals surface area contributed by atoms with Crippen LogP contribution in [0.15, 0.2) is 50.6 Å². The molecule has 0 spiro atoms. The fourth-order valence-electron chi connectivity index (χ4n) is 2.36. The van der Waals surface area contributed by atoms with Crippen LogP contribution in [-0.2, 0) is 0 Å². The number of hydrogen-bond donors (Lipinski definition) is 0. The van der Waals surface area contributed by atoms with Gasteiger partial charge in [-0.15, -0.1) is 26.3 Å². The monoisotopic (exact) mass is 246 g/mol. The van der Waals surface area contributed by atoms with Gasteiger partial charge >= 0.3 is 0 Å². The molecule has 0 heteroatoms. The van der Waals surface area contributed by atoms with Crippen LogP contribution in [0.1, 0.15) is 39.5 Å². The zero-order valence-electron chi connectivity index (χ0n) is 12.3. The second-order valence-electron chi connectivity index (χ2n) is 5.32. The molecule has 0 aromatic heterocycles. The van der Waals surface area contributed by atoms with E-state index in [0.29, 0.717) is 23.7 Å². The Balaban J connectivity index is 4.38. The van der Waals surface area contributed by atoms with Crippen molar-refractivity contribution in [2.45, 2.75) is 39.5 Å². The van der Waals surface area contributed by atoms with Crippen LogP contribution in [0.2, 0.25) is 0 Å². The fraction of sp³-hybridized carbons (Fsp3) is 0.556. The van der Waals surface area contributed by atoms with Crippen molar-refractivity contribution >= 4 is 0 Å². The molecule has 0 heterocycles. The van der Waals surface area contributed by atoms with Gasteiger partial charge in [0.15, 0.2) is 0 Å². The Kier molecular flexibility index (Phi) is 9.36. The second kappa shape index (κ2) is 9.94. The van der Waals surface area contributed by atoms with Crippen molar-refractivity contribution in [1.29, 1.82) is 0 Å². The molecule has 102 valence electrons. The third-order valence-corrected chi connectivity index (χ3v) is 3.81. The van der Waals surface area contributed by atoms with Crippen molar-refractivity contribution in [3.05, 3.63) is 50.6 Å². The third-order valence-electron chi connectivity index (χ3n) is 3.81. The lowest BCUT2D eigenvalue weighted by atomic mass is 9.83. The van der Waals surface area contributed by atoms with Crippen molar-refractivity contribution in [3.8, 4) is 0 Å². The first kappa shape index (κ1) is 17.0. The molecule has 0 aromatic rings. The Labute approximate surface area is 114 Å². The van der Waals surface area contributed by atoms with Crippen LogP contribution in [0.4, 0.5) is 0 Å². The Bertz CT molecular complexity index is 261. The summed E-state index contributed by atoms with van der Waals surface area (Å²) in [5.41, 5.74) is 0. The van der Waals surface area contributed by atoms with Gasteiger partial charge in [0.05, 0.1) is 0 Å². The first-order valence-corrected chi connectivity index (χ1v) is 7.11. The molecule has 0 N–H and O–H groups in total.